The van der Waals surface area contributed by atoms with Crippen LogP contribution in [0, 0.1) is 11.3 Å². The summed E-state index contributed by atoms with van der Waals surface area (Å²) in [4.78, 5) is 23.9. The van der Waals surface area contributed by atoms with Gasteiger partial charge in [-0.05, 0) is 25.0 Å². The minimum Gasteiger partial charge on any atom is -0.489 e. The van der Waals surface area contributed by atoms with Crippen LogP contribution in [0.5, 0.6) is 11.5 Å². The summed E-state index contributed by atoms with van der Waals surface area (Å²) in [5.41, 5.74) is 0.945. The largest absolute Gasteiger partial charge is 0.489 e. The van der Waals surface area contributed by atoms with Crippen LogP contribution < -0.4 is 9.47 Å². The second-order valence-corrected chi connectivity index (χ2v) is 9.15. The molecule has 0 radical (unpaired) electrons. The monoisotopic (exact) mass is 386 g/mol. The first-order valence-electron chi connectivity index (χ1n) is 10.8. The molecular weight excluding hydrogens is 352 g/mol. The number of ether oxygens (including phenoxy) is 2. The Morgan fingerprint density at radius 2 is 2.04 bits per heavy atom. The van der Waals surface area contributed by atoms with E-state index in [1.54, 1.807) is 0 Å². The molecule has 0 saturated heterocycles. The van der Waals surface area contributed by atoms with Crippen molar-refractivity contribution in [3.05, 3.63) is 23.8 Å². The minimum atomic E-state index is -0.342. The summed E-state index contributed by atoms with van der Waals surface area (Å²) in [6.45, 7) is 8.25. The van der Waals surface area contributed by atoms with Gasteiger partial charge in [0.15, 0.2) is 0 Å². The van der Waals surface area contributed by atoms with E-state index in [0.29, 0.717) is 24.4 Å². The van der Waals surface area contributed by atoms with Gasteiger partial charge in [-0.3, -0.25) is 9.59 Å². The minimum absolute atomic E-state index is 0.0339. The highest BCUT2D eigenvalue weighted by Gasteiger charge is 2.48. The molecule has 2 aliphatic rings. The number of fused-ring (bicyclic) bond motifs is 3. The maximum absolute atomic E-state index is 12.3. The van der Waals surface area contributed by atoms with Crippen LogP contribution in [0.4, 0.5) is 0 Å². The van der Waals surface area contributed by atoms with Crippen LogP contribution in [-0.4, -0.2) is 17.9 Å². The Morgan fingerprint density at radius 3 is 2.75 bits per heavy atom. The Balaban J connectivity index is 1.92. The van der Waals surface area contributed by atoms with Crippen molar-refractivity contribution in [3.8, 4) is 11.5 Å². The molecule has 1 aromatic carbocycles. The molecule has 1 unspecified atom stereocenters. The number of carbonyl (C=O) groups is 2. The molecule has 1 aromatic rings. The molecule has 1 fully saturated rings. The average molecular weight is 387 g/mol. The molecule has 0 bridgehead atoms. The number of Topliss-reactive ketones (excluding diaryl/α,β-unsaturated/α-hetero) is 1. The van der Waals surface area contributed by atoms with E-state index in [2.05, 4.69) is 20.8 Å². The molecule has 1 heterocycles. The van der Waals surface area contributed by atoms with Crippen LogP contribution in [0.15, 0.2) is 18.2 Å². The molecule has 0 N–H and O–H groups in total. The lowest BCUT2D eigenvalue weighted by Crippen LogP contribution is -2.48. The zero-order valence-electron chi connectivity index (χ0n) is 17.8. The van der Waals surface area contributed by atoms with Gasteiger partial charge in [0.1, 0.15) is 23.4 Å². The van der Waals surface area contributed by atoms with Crippen LogP contribution in [-0.2, 0) is 9.59 Å². The molecule has 4 nitrogen and oxygen atoms in total. The van der Waals surface area contributed by atoms with Crippen LogP contribution in [0.1, 0.15) is 90.5 Å². The molecule has 3 rings (SSSR count). The van der Waals surface area contributed by atoms with Crippen molar-refractivity contribution in [2.45, 2.75) is 91.1 Å². The van der Waals surface area contributed by atoms with Crippen LogP contribution in [0.25, 0.3) is 0 Å². The van der Waals surface area contributed by atoms with E-state index >= 15 is 0 Å². The third-order valence-corrected chi connectivity index (χ3v) is 6.46. The number of carbonyl (C=O) groups excluding carboxylic acids is 2. The summed E-state index contributed by atoms with van der Waals surface area (Å²) in [7, 11) is 0. The van der Waals surface area contributed by atoms with E-state index in [-0.39, 0.29) is 29.3 Å². The number of ketones is 1. The van der Waals surface area contributed by atoms with E-state index in [9.17, 15) is 9.59 Å². The standard InChI is InChI=1S/C24H34O4/c1-5-6-7-8-14-24(3,4)23-18-13-12-17(26)15-19(18)22-20(27-16(2)25)10-9-11-21(22)28-23/h9-11,18-19,23H,5-8,12-15H2,1-4H3/t18-,19-,23?/m1/s1. The van der Waals surface area contributed by atoms with Gasteiger partial charge >= 0.3 is 5.97 Å². The van der Waals surface area contributed by atoms with Crippen molar-refractivity contribution in [3.63, 3.8) is 0 Å². The number of esters is 1. The SMILES string of the molecule is CCCCCCC(C)(C)C1Oc2cccc(OC(C)=O)c2[C@@H]2CC(=O)CC[C@@H]12. The Kier molecular flexibility index (Phi) is 6.47. The second-order valence-electron chi connectivity index (χ2n) is 9.15. The van der Waals surface area contributed by atoms with E-state index in [0.717, 1.165) is 24.2 Å². The van der Waals surface area contributed by atoms with Crippen molar-refractivity contribution >= 4 is 11.8 Å². The fourth-order valence-corrected chi connectivity index (χ4v) is 5.05. The first kappa shape index (κ1) is 20.9. The molecule has 154 valence electrons. The molecule has 0 amide bonds. The van der Waals surface area contributed by atoms with E-state index in [1.165, 1.54) is 32.6 Å². The van der Waals surface area contributed by atoms with Gasteiger partial charge in [-0.15, -0.1) is 0 Å². The highest BCUT2D eigenvalue weighted by atomic mass is 16.5. The van der Waals surface area contributed by atoms with Crippen molar-refractivity contribution < 1.29 is 19.1 Å². The van der Waals surface area contributed by atoms with E-state index in [4.69, 9.17) is 9.47 Å². The number of benzene rings is 1. The highest BCUT2D eigenvalue weighted by molar-refractivity contribution is 5.81. The van der Waals surface area contributed by atoms with E-state index in [1.807, 2.05) is 18.2 Å². The van der Waals surface area contributed by atoms with Gasteiger partial charge < -0.3 is 9.47 Å². The molecule has 0 aromatic heterocycles. The number of hydrogen-bond donors (Lipinski definition) is 0. The average Bonchev–Trinajstić information content (AvgIpc) is 2.64. The van der Waals surface area contributed by atoms with Gasteiger partial charge in [0, 0.05) is 42.6 Å². The lowest BCUT2D eigenvalue weighted by molar-refractivity contribution is -0.132. The fourth-order valence-electron chi connectivity index (χ4n) is 5.05. The van der Waals surface area contributed by atoms with Gasteiger partial charge in [0.2, 0.25) is 0 Å². The van der Waals surface area contributed by atoms with Crippen molar-refractivity contribution in [2.75, 3.05) is 0 Å². The number of rotatable bonds is 7. The highest BCUT2D eigenvalue weighted by Crippen LogP contribution is 2.54. The number of hydrogen-bond acceptors (Lipinski definition) is 4. The van der Waals surface area contributed by atoms with Gasteiger partial charge in [0.05, 0.1) is 0 Å². The van der Waals surface area contributed by atoms with Gasteiger partial charge in [0.25, 0.3) is 0 Å². The zero-order chi connectivity index (χ0) is 20.3. The van der Waals surface area contributed by atoms with Crippen molar-refractivity contribution in [1.29, 1.82) is 0 Å². The quantitative estimate of drug-likeness (QED) is 0.336. The van der Waals surface area contributed by atoms with Gasteiger partial charge in [-0.2, -0.15) is 0 Å². The van der Waals surface area contributed by atoms with Gasteiger partial charge in [-0.25, -0.2) is 0 Å². The summed E-state index contributed by atoms with van der Waals surface area (Å²) in [5.74, 6) is 1.63. The van der Waals surface area contributed by atoms with Crippen molar-refractivity contribution in [1.82, 2.24) is 0 Å². The molecule has 28 heavy (non-hydrogen) atoms. The van der Waals surface area contributed by atoms with E-state index < -0.39 is 0 Å². The van der Waals surface area contributed by atoms with Crippen molar-refractivity contribution in [2.24, 2.45) is 11.3 Å². The molecule has 3 atom stereocenters. The first-order valence-corrected chi connectivity index (χ1v) is 10.8. The summed E-state index contributed by atoms with van der Waals surface area (Å²) in [5, 5.41) is 0. The predicted octanol–water partition coefficient (Wildman–Crippen LogP) is 5.82. The third kappa shape index (κ3) is 4.42. The molecule has 1 saturated carbocycles. The fraction of sp³-hybridized carbons (Fsp3) is 0.667. The maximum Gasteiger partial charge on any atom is 0.308 e. The molecular formula is C24H34O4. The Morgan fingerprint density at radius 1 is 1.25 bits per heavy atom. The van der Waals surface area contributed by atoms with Crippen LogP contribution >= 0.6 is 0 Å². The molecule has 0 spiro atoms. The Bertz CT molecular complexity index is 721. The van der Waals surface area contributed by atoms with Gasteiger partial charge in [-0.1, -0.05) is 52.5 Å². The molecule has 1 aliphatic heterocycles. The summed E-state index contributed by atoms with van der Waals surface area (Å²) < 4.78 is 12.1. The summed E-state index contributed by atoms with van der Waals surface area (Å²) in [6.07, 6.45) is 8.15. The maximum atomic E-state index is 12.3. The second kappa shape index (κ2) is 8.67. The van der Waals surface area contributed by atoms with Crippen LogP contribution in [0.3, 0.4) is 0 Å². The Hall–Kier alpha value is -1.84. The topological polar surface area (TPSA) is 52.6 Å². The third-order valence-electron chi connectivity index (χ3n) is 6.46. The summed E-state index contributed by atoms with van der Waals surface area (Å²) in [6, 6.07) is 5.64. The normalized spacial score (nSPS) is 24.1. The molecule has 1 aliphatic carbocycles. The summed E-state index contributed by atoms with van der Waals surface area (Å²) >= 11 is 0. The zero-order valence-corrected chi connectivity index (χ0v) is 17.8. The lowest BCUT2D eigenvalue weighted by Gasteiger charge is -2.48. The first-order chi connectivity index (χ1) is 13.3. The smallest absolute Gasteiger partial charge is 0.308 e. The molecule has 4 heteroatoms. The predicted molar refractivity (Wildman–Crippen MR) is 110 cm³/mol. The number of unbranched alkanes of at least 4 members (excludes halogenated alkanes) is 3. The van der Waals surface area contributed by atoms with Crippen LogP contribution in [0.2, 0.25) is 0 Å². The lowest BCUT2D eigenvalue weighted by atomic mass is 9.64. The Labute approximate surface area is 169 Å².